The van der Waals surface area contributed by atoms with Crippen molar-refractivity contribution in [3.8, 4) is 5.75 Å². The van der Waals surface area contributed by atoms with Crippen LogP contribution in [0.3, 0.4) is 0 Å². The Bertz CT molecular complexity index is 469. The van der Waals surface area contributed by atoms with Crippen LogP contribution < -0.4 is 15.8 Å². The monoisotopic (exact) mass is 320 g/mol. The standard InChI is InChI=1S/C13H18Cl2N2O3/c1-8(13(16)18)20-12-9(7-17-3-4-19-2)5-10(14)6-11(12)15/h5-6,8,17H,3-4,7H2,1-2H3,(H2,16,18). The molecular formula is C13H18Cl2N2O3. The first-order valence-electron chi connectivity index (χ1n) is 6.09. The van der Waals surface area contributed by atoms with Crippen LogP contribution in [0.15, 0.2) is 12.1 Å². The predicted molar refractivity (Wildman–Crippen MR) is 79.3 cm³/mol. The Balaban J connectivity index is 2.87. The van der Waals surface area contributed by atoms with Gasteiger partial charge in [-0.05, 0) is 19.1 Å². The summed E-state index contributed by atoms with van der Waals surface area (Å²) in [4.78, 5) is 11.1. The summed E-state index contributed by atoms with van der Waals surface area (Å²) < 4.78 is 10.5. The molecule has 1 aromatic rings. The summed E-state index contributed by atoms with van der Waals surface area (Å²) in [6, 6.07) is 3.29. The Morgan fingerprint density at radius 2 is 2.15 bits per heavy atom. The molecule has 0 saturated carbocycles. The molecule has 0 aliphatic carbocycles. The van der Waals surface area contributed by atoms with Crippen molar-refractivity contribution in [1.82, 2.24) is 5.32 Å². The number of hydrogen-bond donors (Lipinski definition) is 2. The quantitative estimate of drug-likeness (QED) is 0.718. The highest BCUT2D eigenvalue weighted by molar-refractivity contribution is 6.35. The van der Waals surface area contributed by atoms with Gasteiger partial charge in [-0.1, -0.05) is 23.2 Å². The highest BCUT2D eigenvalue weighted by Gasteiger charge is 2.16. The molecule has 5 nitrogen and oxygen atoms in total. The predicted octanol–water partition coefficient (Wildman–Crippen LogP) is 1.98. The zero-order valence-electron chi connectivity index (χ0n) is 11.4. The Morgan fingerprint density at radius 1 is 1.45 bits per heavy atom. The minimum atomic E-state index is -0.772. The number of benzene rings is 1. The number of carbonyl (C=O) groups is 1. The Labute approximate surface area is 128 Å². The highest BCUT2D eigenvalue weighted by Crippen LogP contribution is 2.33. The van der Waals surface area contributed by atoms with Crippen LogP contribution in [0.2, 0.25) is 10.0 Å². The zero-order chi connectivity index (χ0) is 15.1. The molecule has 0 aromatic heterocycles. The molecule has 1 atom stereocenters. The minimum Gasteiger partial charge on any atom is -0.479 e. The van der Waals surface area contributed by atoms with Gasteiger partial charge in [-0.15, -0.1) is 0 Å². The van der Waals surface area contributed by atoms with E-state index in [9.17, 15) is 4.79 Å². The molecule has 7 heteroatoms. The first-order chi connectivity index (χ1) is 9.45. The van der Waals surface area contributed by atoms with E-state index in [1.54, 1.807) is 26.2 Å². The second-order valence-electron chi connectivity index (χ2n) is 4.21. The third-order valence-electron chi connectivity index (χ3n) is 2.58. The second kappa shape index (κ2) is 8.32. The average Bonchev–Trinajstić information content (AvgIpc) is 2.38. The Morgan fingerprint density at radius 3 is 2.75 bits per heavy atom. The van der Waals surface area contributed by atoms with Gasteiger partial charge >= 0.3 is 0 Å². The largest absolute Gasteiger partial charge is 0.479 e. The Hall–Kier alpha value is -1.01. The number of hydrogen-bond acceptors (Lipinski definition) is 4. The SMILES string of the molecule is COCCNCc1cc(Cl)cc(Cl)c1OC(C)C(N)=O. The summed E-state index contributed by atoms with van der Waals surface area (Å²) in [5.74, 6) is -0.151. The number of nitrogens with two attached hydrogens (primary N) is 1. The maximum Gasteiger partial charge on any atom is 0.258 e. The molecule has 1 amide bonds. The summed E-state index contributed by atoms with van der Waals surface area (Å²) in [6.07, 6.45) is -0.772. The second-order valence-corrected chi connectivity index (χ2v) is 5.05. The molecule has 0 aliphatic heterocycles. The fourth-order valence-electron chi connectivity index (χ4n) is 1.51. The molecule has 0 heterocycles. The minimum absolute atomic E-state index is 0.342. The van der Waals surface area contributed by atoms with Crippen molar-refractivity contribution < 1.29 is 14.3 Å². The van der Waals surface area contributed by atoms with E-state index in [4.69, 9.17) is 38.4 Å². The van der Waals surface area contributed by atoms with Crippen LogP contribution in [0.5, 0.6) is 5.75 Å². The summed E-state index contributed by atoms with van der Waals surface area (Å²) >= 11 is 12.1. The molecule has 0 saturated heterocycles. The molecule has 1 aromatic carbocycles. The van der Waals surface area contributed by atoms with Crippen LogP contribution in [-0.4, -0.2) is 32.3 Å². The van der Waals surface area contributed by atoms with Crippen LogP contribution >= 0.6 is 23.2 Å². The number of ether oxygens (including phenoxy) is 2. The fourth-order valence-corrected chi connectivity index (χ4v) is 2.09. The molecule has 1 unspecified atom stereocenters. The fraction of sp³-hybridized carbons (Fsp3) is 0.462. The van der Waals surface area contributed by atoms with Gasteiger partial charge in [0.2, 0.25) is 0 Å². The van der Waals surface area contributed by atoms with Crippen molar-refractivity contribution in [2.45, 2.75) is 19.6 Å². The first-order valence-corrected chi connectivity index (χ1v) is 6.84. The third-order valence-corrected chi connectivity index (χ3v) is 3.08. The van der Waals surface area contributed by atoms with Gasteiger partial charge in [0, 0.05) is 30.8 Å². The summed E-state index contributed by atoms with van der Waals surface area (Å²) in [5.41, 5.74) is 5.94. The van der Waals surface area contributed by atoms with Crippen molar-refractivity contribution in [2.24, 2.45) is 5.73 Å². The number of amides is 1. The van der Waals surface area contributed by atoms with E-state index in [-0.39, 0.29) is 0 Å². The van der Waals surface area contributed by atoms with Crippen molar-refractivity contribution in [2.75, 3.05) is 20.3 Å². The number of primary amides is 1. The topological polar surface area (TPSA) is 73.6 Å². The summed E-state index contributed by atoms with van der Waals surface area (Å²) in [7, 11) is 1.63. The Kier molecular flexibility index (Phi) is 7.09. The van der Waals surface area contributed by atoms with E-state index in [1.165, 1.54) is 0 Å². The van der Waals surface area contributed by atoms with E-state index < -0.39 is 12.0 Å². The number of methoxy groups -OCH3 is 1. The molecule has 20 heavy (non-hydrogen) atoms. The van der Waals surface area contributed by atoms with E-state index in [2.05, 4.69) is 5.32 Å². The normalized spacial score (nSPS) is 12.2. The molecule has 0 radical (unpaired) electrons. The molecule has 0 aliphatic rings. The summed E-state index contributed by atoms with van der Waals surface area (Å²) in [5, 5.41) is 4.00. The molecular weight excluding hydrogens is 303 g/mol. The van der Waals surface area contributed by atoms with Gasteiger partial charge in [0.15, 0.2) is 6.10 Å². The number of halogens is 2. The van der Waals surface area contributed by atoms with Crippen molar-refractivity contribution in [3.63, 3.8) is 0 Å². The molecule has 0 spiro atoms. The van der Waals surface area contributed by atoms with Gasteiger partial charge in [0.05, 0.1) is 11.6 Å². The molecule has 1 rings (SSSR count). The maximum atomic E-state index is 11.1. The first kappa shape index (κ1) is 17.0. The highest BCUT2D eigenvalue weighted by atomic mass is 35.5. The van der Waals surface area contributed by atoms with E-state index in [0.29, 0.717) is 35.5 Å². The zero-order valence-corrected chi connectivity index (χ0v) is 12.9. The lowest BCUT2D eigenvalue weighted by molar-refractivity contribution is -0.123. The van der Waals surface area contributed by atoms with Gasteiger partial charge in [0.25, 0.3) is 5.91 Å². The van der Waals surface area contributed by atoms with Crippen LogP contribution in [0.1, 0.15) is 12.5 Å². The maximum absolute atomic E-state index is 11.1. The van der Waals surface area contributed by atoms with Crippen molar-refractivity contribution >= 4 is 29.1 Å². The van der Waals surface area contributed by atoms with E-state index >= 15 is 0 Å². The number of rotatable bonds is 8. The average molecular weight is 321 g/mol. The molecule has 0 fully saturated rings. The van der Waals surface area contributed by atoms with Crippen LogP contribution in [0.4, 0.5) is 0 Å². The lowest BCUT2D eigenvalue weighted by atomic mass is 10.2. The van der Waals surface area contributed by atoms with Crippen molar-refractivity contribution in [1.29, 1.82) is 0 Å². The lowest BCUT2D eigenvalue weighted by Gasteiger charge is -2.17. The van der Waals surface area contributed by atoms with Crippen LogP contribution in [-0.2, 0) is 16.1 Å². The molecule has 0 bridgehead atoms. The molecule has 3 N–H and O–H groups in total. The number of carbonyl (C=O) groups excluding carboxylic acids is 1. The van der Waals surface area contributed by atoms with Crippen molar-refractivity contribution in [3.05, 3.63) is 27.7 Å². The van der Waals surface area contributed by atoms with E-state index in [0.717, 1.165) is 5.56 Å². The third kappa shape index (κ3) is 5.17. The van der Waals surface area contributed by atoms with Gasteiger partial charge in [-0.3, -0.25) is 4.79 Å². The summed E-state index contributed by atoms with van der Waals surface area (Å²) in [6.45, 7) is 3.31. The van der Waals surface area contributed by atoms with Gasteiger partial charge in [-0.2, -0.15) is 0 Å². The van der Waals surface area contributed by atoms with Gasteiger partial charge in [0.1, 0.15) is 5.75 Å². The van der Waals surface area contributed by atoms with E-state index in [1.807, 2.05) is 0 Å². The van der Waals surface area contributed by atoms with Gasteiger partial charge < -0.3 is 20.5 Å². The smallest absolute Gasteiger partial charge is 0.258 e. The van der Waals surface area contributed by atoms with Crippen LogP contribution in [0, 0.1) is 0 Å². The van der Waals surface area contributed by atoms with Crippen LogP contribution in [0.25, 0.3) is 0 Å². The van der Waals surface area contributed by atoms with Gasteiger partial charge in [-0.25, -0.2) is 0 Å². The lowest BCUT2D eigenvalue weighted by Crippen LogP contribution is -2.31. The number of nitrogens with one attached hydrogen (secondary N) is 1. The molecule has 112 valence electrons.